The van der Waals surface area contributed by atoms with Gasteiger partial charge in [-0.25, -0.2) is 0 Å². The molecule has 4 rings (SSSR count). The van der Waals surface area contributed by atoms with Crippen molar-refractivity contribution in [1.82, 2.24) is 10.6 Å². The van der Waals surface area contributed by atoms with Gasteiger partial charge in [-0.3, -0.25) is 4.79 Å². The molecule has 0 aromatic rings. The lowest BCUT2D eigenvalue weighted by Gasteiger charge is -2.49. The van der Waals surface area contributed by atoms with Gasteiger partial charge in [-0.1, -0.05) is 0 Å². The minimum atomic E-state index is -1.73. The van der Waals surface area contributed by atoms with Crippen LogP contribution in [-0.4, -0.2) is 171 Å². The second kappa shape index (κ2) is 15.3. The van der Waals surface area contributed by atoms with Crippen LogP contribution in [0.1, 0.15) is 25.7 Å². The summed E-state index contributed by atoms with van der Waals surface area (Å²) in [6, 6.07) is -4.94. The third-order valence-corrected chi connectivity index (χ3v) is 9.06. The van der Waals surface area contributed by atoms with Crippen molar-refractivity contribution in [3.63, 3.8) is 0 Å². The molecule has 0 radical (unpaired) electrons. The summed E-state index contributed by atoms with van der Waals surface area (Å²) < 4.78 is 23.6. The lowest BCUT2D eigenvalue weighted by Crippen LogP contribution is -2.70. The van der Waals surface area contributed by atoms with Crippen LogP contribution in [0, 0.1) is 0 Å². The number of ether oxygens (including phenoxy) is 4. The number of aliphatic hydroxyl groups excluding tert-OH is 6. The Kier molecular flexibility index (Phi) is 12.5. The Morgan fingerprint density at radius 3 is 2.16 bits per heavy atom. The van der Waals surface area contributed by atoms with Gasteiger partial charge in [-0.2, -0.15) is 0 Å². The topological polar surface area (TPSA) is 350 Å². The average molecular weight is 654 g/mol. The summed E-state index contributed by atoms with van der Waals surface area (Å²) in [6.07, 6.45) is -12.8. The van der Waals surface area contributed by atoms with Crippen LogP contribution in [0.4, 0.5) is 0 Å². The zero-order valence-electron chi connectivity index (χ0n) is 25.0. The number of rotatable bonds is 12. The first-order valence-corrected chi connectivity index (χ1v) is 15.3. The van der Waals surface area contributed by atoms with E-state index in [1.165, 1.54) is 0 Å². The molecule has 19 N–H and O–H groups in total. The minimum absolute atomic E-state index is 0.0253. The quantitative estimate of drug-likeness (QED) is 0.0929. The molecule has 2 saturated carbocycles. The van der Waals surface area contributed by atoms with E-state index in [4.69, 9.17) is 52.7 Å². The second-order valence-corrected chi connectivity index (χ2v) is 12.8. The Labute approximate surface area is 260 Å². The standard InChI is InChI=1S/C26H51N7O12/c27-9-3-26(41,4-9)25(40)33-13-1-11(29)21(20(39)22(13)45-24-19(38)17(31)18(37)16(8-35)43-24)44-23-12(30)2-14(36)15(42-23)6-32-5-10(28)7-34/h9-24,32,34-39,41H,1-8,27-31H2,(H,33,40)/t9?,10?,11-,12+,13+,14-,15+,16+,17-,18+,19+,20-,21?,22-,23+,24+,26?/m0/s1. The van der Waals surface area contributed by atoms with Crippen molar-refractivity contribution >= 4 is 5.91 Å². The van der Waals surface area contributed by atoms with Crippen LogP contribution in [0.3, 0.4) is 0 Å². The van der Waals surface area contributed by atoms with E-state index in [2.05, 4.69) is 10.6 Å². The number of nitrogens with one attached hydrogen (secondary N) is 2. The molecular weight excluding hydrogens is 602 g/mol. The monoisotopic (exact) mass is 653 g/mol. The van der Waals surface area contributed by atoms with Crippen molar-refractivity contribution in [1.29, 1.82) is 0 Å². The van der Waals surface area contributed by atoms with Crippen molar-refractivity contribution in [3.05, 3.63) is 0 Å². The van der Waals surface area contributed by atoms with E-state index in [1.54, 1.807) is 0 Å². The summed E-state index contributed by atoms with van der Waals surface area (Å²) in [4.78, 5) is 13.0. The molecule has 19 heteroatoms. The predicted molar refractivity (Wildman–Crippen MR) is 153 cm³/mol. The number of hydrogen-bond donors (Lipinski definition) is 14. The van der Waals surface area contributed by atoms with Gasteiger partial charge in [0.1, 0.15) is 42.2 Å². The van der Waals surface area contributed by atoms with Crippen LogP contribution in [-0.2, 0) is 23.7 Å². The lowest BCUT2D eigenvalue weighted by atomic mass is 9.75. The summed E-state index contributed by atoms with van der Waals surface area (Å²) in [5.41, 5.74) is 28.4. The molecule has 0 spiro atoms. The van der Waals surface area contributed by atoms with Crippen LogP contribution in [0.5, 0.6) is 0 Å². The Balaban J connectivity index is 1.50. The highest BCUT2D eigenvalue weighted by molar-refractivity contribution is 5.86. The zero-order valence-corrected chi connectivity index (χ0v) is 25.0. The Hall–Kier alpha value is -1.21. The van der Waals surface area contributed by atoms with Crippen LogP contribution in [0.2, 0.25) is 0 Å². The Morgan fingerprint density at radius 1 is 0.889 bits per heavy atom. The first-order chi connectivity index (χ1) is 21.2. The number of nitrogens with two attached hydrogens (primary N) is 5. The number of aliphatic hydroxyl groups is 7. The Bertz CT molecular complexity index is 967. The SMILES string of the molecule is NC(CO)CNC[C@H]1O[C@H](OC2[C@@H](N)C[C@@H](NC(=O)C3(O)CC(N)C3)[C@H](O[C@H]3O[C@H](CO)[C@@H](O)[C@H](N)[C@H]3O)[C@H]2O)[C@H](N)C[C@@H]1O. The molecule has 2 saturated heterocycles. The highest BCUT2D eigenvalue weighted by Crippen LogP contribution is 2.34. The fourth-order valence-corrected chi connectivity index (χ4v) is 6.27. The minimum Gasteiger partial charge on any atom is -0.395 e. The molecule has 2 heterocycles. The average Bonchev–Trinajstić information content (AvgIpc) is 2.97. The van der Waals surface area contributed by atoms with Gasteiger partial charge in [0, 0.05) is 44.1 Å². The van der Waals surface area contributed by atoms with Gasteiger partial charge < -0.3 is 94.0 Å². The van der Waals surface area contributed by atoms with Gasteiger partial charge in [0.2, 0.25) is 0 Å². The van der Waals surface area contributed by atoms with Gasteiger partial charge >= 0.3 is 0 Å². The molecule has 0 aromatic carbocycles. The molecule has 2 unspecified atom stereocenters. The van der Waals surface area contributed by atoms with Crippen LogP contribution in [0.15, 0.2) is 0 Å². The number of amides is 1. The van der Waals surface area contributed by atoms with Crippen molar-refractivity contribution in [2.75, 3.05) is 26.3 Å². The highest BCUT2D eigenvalue weighted by atomic mass is 16.7. The fourth-order valence-electron chi connectivity index (χ4n) is 6.27. The molecule has 2 aliphatic carbocycles. The molecule has 262 valence electrons. The van der Waals surface area contributed by atoms with E-state index < -0.39 is 110 Å². The van der Waals surface area contributed by atoms with E-state index in [0.717, 1.165) is 0 Å². The molecule has 0 bridgehead atoms. The molecule has 45 heavy (non-hydrogen) atoms. The molecule has 4 fully saturated rings. The van der Waals surface area contributed by atoms with Gasteiger partial charge in [0.05, 0.1) is 43.5 Å². The highest BCUT2D eigenvalue weighted by Gasteiger charge is 2.53. The molecule has 4 aliphatic rings. The summed E-state index contributed by atoms with van der Waals surface area (Å²) in [7, 11) is 0. The van der Waals surface area contributed by atoms with E-state index in [9.17, 15) is 35.4 Å². The van der Waals surface area contributed by atoms with Gasteiger partial charge in [-0.15, -0.1) is 0 Å². The molecule has 1 amide bonds. The van der Waals surface area contributed by atoms with Crippen molar-refractivity contribution < 1.29 is 59.5 Å². The normalized spacial score (nSPS) is 48.0. The summed E-state index contributed by atoms with van der Waals surface area (Å²) in [6.45, 7) is -0.471. The fraction of sp³-hybridized carbons (Fsp3) is 0.962. The lowest BCUT2D eigenvalue weighted by molar-refractivity contribution is -0.316. The van der Waals surface area contributed by atoms with Crippen LogP contribution >= 0.6 is 0 Å². The third kappa shape index (κ3) is 8.27. The summed E-state index contributed by atoms with van der Waals surface area (Å²) in [5, 5.41) is 78.2. The number of hydrogen-bond acceptors (Lipinski definition) is 18. The van der Waals surface area contributed by atoms with Gasteiger partial charge in [0.25, 0.3) is 5.91 Å². The van der Waals surface area contributed by atoms with Crippen molar-refractivity contribution in [3.8, 4) is 0 Å². The van der Waals surface area contributed by atoms with E-state index in [0.29, 0.717) is 0 Å². The van der Waals surface area contributed by atoms with Crippen LogP contribution < -0.4 is 39.3 Å². The maximum atomic E-state index is 13.0. The van der Waals surface area contributed by atoms with Crippen LogP contribution in [0.25, 0.3) is 0 Å². The van der Waals surface area contributed by atoms with Crippen molar-refractivity contribution in [2.24, 2.45) is 28.7 Å². The van der Waals surface area contributed by atoms with Crippen molar-refractivity contribution in [2.45, 2.75) is 129 Å². The third-order valence-electron chi connectivity index (χ3n) is 9.06. The molecule has 2 aliphatic heterocycles. The van der Waals surface area contributed by atoms with Gasteiger partial charge in [-0.05, 0) is 12.8 Å². The maximum Gasteiger partial charge on any atom is 0.252 e. The largest absolute Gasteiger partial charge is 0.395 e. The molecule has 19 nitrogen and oxygen atoms in total. The first kappa shape index (κ1) is 36.6. The maximum absolute atomic E-state index is 13.0. The zero-order chi connectivity index (χ0) is 33.2. The smallest absolute Gasteiger partial charge is 0.252 e. The van der Waals surface area contributed by atoms with Gasteiger partial charge in [0.15, 0.2) is 12.6 Å². The van der Waals surface area contributed by atoms with E-state index >= 15 is 0 Å². The first-order valence-electron chi connectivity index (χ1n) is 15.3. The number of carbonyl (C=O) groups is 1. The predicted octanol–water partition coefficient (Wildman–Crippen LogP) is -8.34. The Morgan fingerprint density at radius 2 is 1.53 bits per heavy atom. The summed E-state index contributed by atoms with van der Waals surface area (Å²) in [5.74, 6) is -0.755. The van der Waals surface area contributed by atoms with E-state index in [1.807, 2.05) is 0 Å². The van der Waals surface area contributed by atoms with E-state index in [-0.39, 0.29) is 51.4 Å². The molecular formula is C26H51N7O12. The summed E-state index contributed by atoms with van der Waals surface area (Å²) >= 11 is 0. The molecule has 15 atom stereocenters. The second-order valence-electron chi connectivity index (χ2n) is 12.8. The number of carbonyl (C=O) groups excluding carboxylic acids is 1. The molecule has 0 aromatic heterocycles.